The molecule has 1 aliphatic rings. The van der Waals surface area contributed by atoms with Gasteiger partial charge in [-0.1, -0.05) is 12.1 Å². The van der Waals surface area contributed by atoms with Crippen molar-refractivity contribution >= 4 is 12.1 Å². The van der Waals surface area contributed by atoms with Crippen LogP contribution in [0.15, 0.2) is 12.1 Å². The van der Waals surface area contributed by atoms with Gasteiger partial charge in [0.15, 0.2) is 5.60 Å². The Morgan fingerprint density at radius 2 is 1.88 bits per heavy atom. The fourth-order valence-electron chi connectivity index (χ4n) is 3.38. The minimum Gasteiger partial charge on any atom is -0.478 e. The lowest BCUT2D eigenvalue weighted by Gasteiger charge is -2.24. The summed E-state index contributed by atoms with van der Waals surface area (Å²) < 4.78 is 10.5. The minimum absolute atomic E-state index is 0.248. The van der Waals surface area contributed by atoms with Gasteiger partial charge in [-0.15, -0.1) is 0 Å². The van der Waals surface area contributed by atoms with Gasteiger partial charge in [0.2, 0.25) is 0 Å². The second kappa shape index (κ2) is 7.98. The number of aryl methyl sites for hydroxylation is 3. The Morgan fingerprint density at radius 1 is 1.27 bits per heavy atom. The van der Waals surface area contributed by atoms with E-state index in [1.807, 2.05) is 13.8 Å². The van der Waals surface area contributed by atoms with Crippen LogP contribution in [0.5, 0.6) is 5.75 Å². The van der Waals surface area contributed by atoms with Crippen LogP contribution in [0.3, 0.4) is 0 Å². The van der Waals surface area contributed by atoms with Crippen molar-refractivity contribution in [3.8, 4) is 5.75 Å². The zero-order valence-corrected chi connectivity index (χ0v) is 16.3. The highest BCUT2D eigenvalue weighted by Gasteiger charge is 2.31. The summed E-state index contributed by atoms with van der Waals surface area (Å²) in [4.78, 5) is 24.6. The van der Waals surface area contributed by atoms with Gasteiger partial charge in [0.05, 0.1) is 7.11 Å². The maximum atomic E-state index is 11.6. The normalized spacial score (nSPS) is 17.3. The van der Waals surface area contributed by atoms with Crippen molar-refractivity contribution in [2.24, 2.45) is 5.92 Å². The lowest BCUT2D eigenvalue weighted by atomic mass is 9.96. The van der Waals surface area contributed by atoms with Gasteiger partial charge >= 0.3 is 12.1 Å². The number of carboxylic acid groups (broad SMARTS) is 1. The van der Waals surface area contributed by atoms with Gasteiger partial charge < -0.3 is 19.5 Å². The second-order valence-corrected chi connectivity index (χ2v) is 7.59. The van der Waals surface area contributed by atoms with E-state index >= 15 is 0 Å². The largest absolute Gasteiger partial charge is 0.478 e. The maximum absolute atomic E-state index is 11.6. The third-order valence-corrected chi connectivity index (χ3v) is 4.95. The molecule has 1 amide bonds. The Balaban J connectivity index is 2.00. The summed E-state index contributed by atoms with van der Waals surface area (Å²) in [5.74, 6) is 0.132. The average molecular weight is 363 g/mol. The molecule has 1 heterocycles. The fourth-order valence-corrected chi connectivity index (χ4v) is 3.38. The van der Waals surface area contributed by atoms with E-state index in [-0.39, 0.29) is 6.09 Å². The lowest BCUT2D eigenvalue weighted by molar-refractivity contribution is -0.152. The third kappa shape index (κ3) is 4.68. The SMILES string of the molecule is COC(=O)N1CCC(CCc2cc(C)c(OC(C)(C)C(=O)O)c(C)c2)C1. The standard InChI is InChI=1S/C20H29NO5/c1-13-10-16(7-6-15-8-9-21(12-15)19(24)25-5)11-14(2)17(13)26-20(3,4)18(22)23/h10-11,15H,6-9,12H2,1-5H3,(H,22,23). The molecule has 0 radical (unpaired) electrons. The van der Waals surface area contributed by atoms with E-state index in [4.69, 9.17) is 9.47 Å². The number of carboxylic acids is 1. The van der Waals surface area contributed by atoms with Crippen LogP contribution >= 0.6 is 0 Å². The molecule has 0 aliphatic carbocycles. The summed E-state index contributed by atoms with van der Waals surface area (Å²) in [6, 6.07) is 4.13. The number of amides is 1. The predicted octanol–water partition coefficient (Wildman–Crippen LogP) is 3.57. The van der Waals surface area contributed by atoms with Crippen molar-refractivity contribution in [1.29, 1.82) is 0 Å². The van der Waals surface area contributed by atoms with Gasteiger partial charge in [-0.25, -0.2) is 9.59 Å². The Kier molecular flexibility index (Phi) is 6.16. The number of methoxy groups -OCH3 is 1. The molecule has 1 N–H and O–H groups in total. The van der Waals surface area contributed by atoms with Crippen molar-refractivity contribution in [1.82, 2.24) is 4.90 Å². The number of nitrogens with zero attached hydrogens (tertiary/aromatic N) is 1. The van der Waals surface area contributed by atoms with E-state index < -0.39 is 11.6 Å². The number of benzene rings is 1. The molecule has 1 unspecified atom stereocenters. The first kappa shape index (κ1) is 20.1. The molecule has 1 atom stereocenters. The van der Waals surface area contributed by atoms with Crippen molar-refractivity contribution in [3.05, 3.63) is 28.8 Å². The molecule has 6 heteroatoms. The highest BCUT2D eigenvalue weighted by molar-refractivity contribution is 5.77. The monoisotopic (exact) mass is 363 g/mol. The van der Waals surface area contributed by atoms with E-state index in [0.29, 0.717) is 11.7 Å². The molecule has 1 aromatic rings. The molecule has 0 aromatic heterocycles. The molecule has 1 fully saturated rings. The van der Waals surface area contributed by atoms with Crippen molar-refractivity contribution in [2.75, 3.05) is 20.2 Å². The minimum atomic E-state index is -1.27. The van der Waals surface area contributed by atoms with Crippen LogP contribution in [0, 0.1) is 19.8 Å². The molecule has 144 valence electrons. The van der Waals surface area contributed by atoms with Gasteiger partial charge in [0, 0.05) is 13.1 Å². The van der Waals surface area contributed by atoms with E-state index in [9.17, 15) is 14.7 Å². The summed E-state index contributed by atoms with van der Waals surface area (Å²) >= 11 is 0. The van der Waals surface area contributed by atoms with Crippen LogP contribution in [0.25, 0.3) is 0 Å². The van der Waals surface area contributed by atoms with Crippen molar-refractivity contribution < 1.29 is 24.2 Å². The molecular formula is C20H29NO5. The molecule has 1 aromatic carbocycles. The smallest absolute Gasteiger partial charge is 0.409 e. The number of carbonyl (C=O) groups is 2. The number of hydrogen-bond donors (Lipinski definition) is 1. The van der Waals surface area contributed by atoms with E-state index in [1.165, 1.54) is 12.7 Å². The topological polar surface area (TPSA) is 76.1 Å². The van der Waals surface area contributed by atoms with E-state index in [2.05, 4.69) is 12.1 Å². The quantitative estimate of drug-likeness (QED) is 0.836. The summed E-state index contributed by atoms with van der Waals surface area (Å²) in [5, 5.41) is 9.26. The molecule has 26 heavy (non-hydrogen) atoms. The Morgan fingerprint density at radius 3 is 2.42 bits per heavy atom. The van der Waals surface area contributed by atoms with Crippen LogP contribution in [0.2, 0.25) is 0 Å². The zero-order chi connectivity index (χ0) is 19.5. The average Bonchev–Trinajstić information content (AvgIpc) is 3.04. The summed E-state index contributed by atoms with van der Waals surface area (Å²) in [6.07, 6.45) is 2.68. The summed E-state index contributed by atoms with van der Waals surface area (Å²) in [6.45, 7) is 8.49. The van der Waals surface area contributed by atoms with E-state index in [1.54, 1.807) is 18.7 Å². The number of likely N-dealkylation sites (tertiary alicyclic amines) is 1. The van der Waals surface area contributed by atoms with Gasteiger partial charge in [-0.3, -0.25) is 0 Å². The predicted molar refractivity (Wildman–Crippen MR) is 98.7 cm³/mol. The van der Waals surface area contributed by atoms with Crippen molar-refractivity contribution in [3.63, 3.8) is 0 Å². The highest BCUT2D eigenvalue weighted by atomic mass is 16.5. The molecule has 1 saturated heterocycles. The lowest BCUT2D eigenvalue weighted by Crippen LogP contribution is -2.38. The number of rotatable bonds is 6. The van der Waals surface area contributed by atoms with Crippen LogP contribution in [-0.2, 0) is 16.0 Å². The molecule has 6 nitrogen and oxygen atoms in total. The Bertz CT molecular complexity index is 660. The van der Waals surface area contributed by atoms with Crippen molar-refractivity contribution in [2.45, 2.75) is 52.6 Å². The van der Waals surface area contributed by atoms with Crippen LogP contribution in [0.1, 0.15) is 43.4 Å². The number of carbonyl (C=O) groups excluding carboxylic acids is 1. The number of hydrogen-bond acceptors (Lipinski definition) is 4. The molecule has 1 aliphatic heterocycles. The first-order valence-corrected chi connectivity index (χ1v) is 8.99. The summed E-state index contributed by atoms with van der Waals surface area (Å²) in [5.41, 5.74) is 1.82. The fraction of sp³-hybridized carbons (Fsp3) is 0.600. The number of aliphatic carboxylic acids is 1. The zero-order valence-electron chi connectivity index (χ0n) is 16.3. The van der Waals surface area contributed by atoms with Crippen LogP contribution in [0.4, 0.5) is 4.79 Å². The third-order valence-electron chi connectivity index (χ3n) is 4.95. The first-order valence-electron chi connectivity index (χ1n) is 8.99. The second-order valence-electron chi connectivity index (χ2n) is 7.59. The van der Waals surface area contributed by atoms with Gasteiger partial charge in [0.1, 0.15) is 5.75 Å². The van der Waals surface area contributed by atoms with Crippen LogP contribution in [-0.4, -0.2) is 47.9 Å². The molecule has 0 bridgehead atoms. The van der Waals surface area contributed by atoms with Gasteiger partial charge in [-0.2, -0.15) is 0 Å². The number of ether oxygens (including phenoxy) is 2. The highest BCUT2D eigenvalue weighted by Crippen LogP contribution is 2.30. The molecular weight excluding hydrogens is 334 g/mol. The Labute approximate surface area is 155 Å². The molecule has 0 spiro atoms. The van der Waals surface area contributed by atoms with Gasteiger partial charge in [-0.05, 0) is 69.6 Å². The van der Waals surface area contributed by atoms with Gasteiger partial charge in [0.25, 0.3) is 0 Å². The summed E-state index contributed by atoms with van der Waals surface area (Å²) in [7, 11) is 1.41. The maximum Gasteiger partial charge on any atom is 0.409 e. The first-order chi connectivity index (χ1) is 12.1. The van der Waals surface area contributed by atoms with E-state index in [0.717, 1.165) is 43.5 Å². The Hall–Kier alpha value is -2.24. The molecule has 0 saturated carbocycles. The molecule has 2 rings (SSSR count). The van der Waals surface area contributed by atoms with Crippen LogP contribution < -0.4 is 4.74 Å².